The van der Waals surface area contributed by atoms with E-state index < -0.39 is 11.9 Å². The summed E-state index contributed by atoms with van der Waals surface area (Å²) in [5, 5.41) is 12.0. The minimum absolute atomic E-state index is 0.162. The molecule has 6 nitrogen and oxygen atoms in total. The predicted octanol–water partition coefficient (Wildman–Crippen LogP) is 1.06. The van der Waals surface area contributed by atoms with Crippen molar-refractivity contribution in [3.05, 3.63) is 0 Å². The summed E-state index contributed by atoms with van der Waals surface area (Å²) in [5.74, 6) is -1.25. The number of hydrogen-bond donors (Lipinski definition) is 2. The molecule has 2 aliphatic rings. The van der Waals surface area contributed by atoms with Gasteiger partial charge in [-0.25, -0.2) is 4.79 Å². The van der Waals surface area contributed by atoms with Crippen LogP contribution in [-0.2, 0) is 9.53 Å². The van der Waals surface area contributed by atoms with Crippen LogP contribution in [0.15, 0.2) is 0 Å². The molecule has 1 aliphatic heterocycles. The molecule has 0 aromatic carbocycles. The second-order valence-corrected chi connectivity index (χ2v) is 5.39. The van der Waals surface area contributed by atoms with Crippen LogP contribution in [0, 0.1) is 5.92 Å². The molecule has 0 aromatic rings. The predicted molar refractivity (Wildman–Crippen MR) is 68.9 cm³/mol. The van der Waals surface area contributed by atoms with Gasteiger partial charge < -0.3 is 20.1 Å². The van der Waals surface area contributed by atoms with Crippen LogP contribution in [0.5, 0.6) is 0 Å². The molecular formula is C13H22N2O4. The molecule has 2 atom stereocenters. The lowest BCUT2D eigenvalue weighted by atomic mass is 10.0. The molecule has 2 fully saturated rings. The zero-order valence-corrected chi connectivity index (χ0v) is 11.3. The number of nitrogens with zero attached hydrogens (tertiary/aromatic N) is 1. The molecular weight excluding hydrogens is 248 g/mol. The number of aliphatic carboxylic acids is 1. The van der Waals surface area contributed by atoms with Crippen LogP contribution in [0.4, 0.5) is 4.79 Å². The first-order chi connectivity index (χ1) is 9.09. The average molecular weight is 270 g/mol. The molecule has 1 heterocycles. The van der Waals surface area contributed by atoms with E-state index in [0.717, 1.165) is 25.7 Å². The van der Waals surface area contributed by atoms with Gasteiger partial charge in [0.2, 0.25) is 0 Å². The molecule has 0 radical (unpaired) electrons. The fraction of sp³-hybridized carbons (Fsp3) is 0.846. The lowest BCUT2D eigenvalue weighted by Gasteiger charge is -2.32. The SMILES string of the molecule is CN(C(=O)NC1CCCC1C(=O)O)C1CCOCC1. The van der Waals surface area contributed by atoms with Gasteiger partial charge in [-0.1, -0.05) is 6.42 Å². The molecule has 0 spiro atoms. The Morgan fingerprint density at radius 2 is 1.89 bits per heavy atom. The number of carbonyl (C=O) groups is 2. The van der Waals surface area contributed by atoms with E-state index in [2.05, 4.69) is 5.32 Å². The number of carboxylic acid groups (broad SMARTS) is 1. The molecule has 0 bridgehead atoms. The van der Waals surface area contributed by atoms with Gasteiger partial charge in [0.05, 0.1) is 5.92 Å². The highest BCUT2D eigenvalue weighted by Gasteiger charge is 2.35. The highest BCUT2D eigenvalue weighted by molar-refractivity contribution is 5.77. The Bertz CT molecular complexity index is 342. The van der Waals surface area contributed by atoms with Gasteiger partial charge in [-0.15, -0.1) is 0 Å². The highest BCUT2D eigenvalue weighted by atomic mass is 16.5. The molecule has 108 valence electrons. The number of hydrogen-bond acceptors (Lipinski definition) is 3. The smallest absolute Gasteiger partial charge is 0.317 e. The van der Waals surface area contributed by atoms with Crippen molar-refractivity contribution in [2.75, 3.05) is 20.3 Å². The maximum Gasteiger partial charge on any atom is 0.317 e. The van der Waals surface area contributed by atoms with Crippen LogP contribution in [0.1, 0.15) is 32.1 Å². The molecule has 2 unspecified atom stereocenters. The Labute approximate surface area is 113 Å². The molecule has 2 amide bonds. The van der Waals surface area contributed by atoms with Crippen molar-refractivity contribution in [3.8, 4) is 0 Å². The van der Waals surface area contributed by atoms with E-state index in [1.54, 1.807) is 11.9 Å². The Kier molecular flexibility index (Phi) is 4.63. The Morgan fingerprint density at radius 3 is 2.53 bits per heavy atom. The minimum atomic E-state index is -0.809. The average Bonchev–Trinajstić information content (AvgIpc) is 2.87. The lowest BCUT2D eigenvalue weighted by molar-refractivity contribution is -0.142. The number of rotatable bonds is 3. The van der Waals surface area contributed by atoms with E-state index in [-0.39, 0.29) is 18.1 Å². The number of amides is 2. The van der Waals surface area contributed by atoms with E-state index >= 15 is 0 Å². The van der Waals surface area contributed by atoms with Crippen LogP contribution in [0.2, 0.25) is 0 Å². The topological polar surface area (TPSA) is 78.9 Å². The third-order valence-electron chi connectivity index (χ3n) is 4.20. The summed E-state index contributed by atoms with van der Waals surface area (Å²) in [5.41, 5.74) is 0. The summed E-state index contributed by atoms with van der Waals surface area (Å²) in [6.07, 6.45) is 3.96. The van der Waals surface area contributed by atoms with Gasteiger partial charge in [0.25, 0.3) is 0 Å². The van der Waals surface area contributed by atoms with Crippen molar-refractivity contribution in [2.45, 2.75) is 44.2 Å². The van der Waals surface area contributed by atoms with Crippen molar-refractivity contribution in [1.82, 2.24) is 10.2 Å². The number of carboxylic acids is 1. The van der Waals surface area contributed by atoms with Gasteiger partial charge in [-0.2, -0.15) is 0 Å². The molecule has 1 saturated carbocycles. The largest absolute Gasteiger partial charge is 0.481 e. The summed E-state index contributed by atoms with van der Waals surface area (Å²) in [4.78, 5) is 24.9. The summed E-state index contributed by atoms with van der Waals surface area (Å²) < 4.78 is 5.28. The summed E-state index contributed by atoms with van der Waals surface area (Å²) in [6.45, 7) is 1.37. The van der Waals surface area contributed by atoms with E-state index in [9.17, 15) is 9.59 Å². The maximum absolute atomic E-state index is 12.1. The van der Waals surface area contributed by atoms with E-state index in [0.29, 0.717) is 19.6 Å². The molecule has 19 heavy (non-hydrogen) atoms. The number of carbonyl (C=O) groups excluding carboxylic acids is 1. The quantitative estimate of drug-likeness (QED) is 0.803. The van der Waals surface area contributed by atoms with Crippen molar-refractivity contribution in [1.29, 1.82) is 0 Å². The van der Waals surface area contributed by atoms with Crippen LogP contribution in [0.3, 0.4) is 0 Å². The number of ether oxygens (including phenoxy) is 1. The Balaban J connectivity index is 1.87. The van der Waals surface area contributed by atoms with Crippen molar-refractivity contribution in [3.63, 3.8) is 0 Å². The fourth-order valence-corrected chi connectivity index (χ4v) is 2.93. The van der Waals surface area contributed by atoms with Gasteiger partial charge in [0.1, 0.15) is 0 Å². The van der Waals surface area contributed by atoms with E-state index in [1.165, 1.54) is 0 Å². The normalized spacial score (nSPS) is 28.1. The Hall–Kier alpha value is -1.30. The molecule has 2 rings (SSSR count). The zero-order chi connectivity index (χ0) is 13.8. The summed E-state index contributed by atoms with van der Waals surface area (Å²) in [7, 11) is 1.77. The van der Waals surface area contributed by atoms with Crippen LogP contribution in [0.25, 0.3) is 0 Å². The van der Waals surface area contributed by atoms with Gasteiger partial charge in [-0.3, -0.25) is 4.79 Å². The lowest BCUT2D eigenvalue weighted by Crippen LogP contribution is -2.50. The zero-order valence-electron chi connectivity index (χ0n) is 11.3. The van der Waals surface area contributed by atoms with Crippen LogP contribution >= 0.6 is 0 Å². The van der Waals surface area contributed by atoms with Gasteiger partial charge in [0, 0.05) is 32.3 Å². The minimum Gasteiger partial charge on any atom is -0.481 e. The maximum atomic E-state index is 12.1. The molecule has 2 N–H and O–H groups in total. The first kappa shape index (κ1) is 14.1. The van der Waals surface area contributed by atoms with Crippen molar-refractivity contribution in [2.24, 2.45) is 5.92 Å². The van der Waals surface area contributed by atoms with Gasteiger partial charge >= 0.3 is 12.0 Å². The Morgan fingerprint density at radius 1 is 1.21 bits per heavy atom. The second-order valence-electron chi connectivity index (χ2n) is 5.39. The first-order valence-electron chi connectivity index (χ1n) is 6.93. The monoisotopic (exact) mass is 270 g/mol. The molecule has 6 heteroatoms. The third kappa shape index (κ3) is 3.37. The van der Waals surface area contributed by atoms with Crippen LogP contribution < -0.4 is 5.32 Å². The number of nitrogens with one attached hydrogen (secondary N) is 1. The highest BCUT2D eigenvalue weighted by Crippen LogP contribution is 2.26. The fourth-order valence-electron chi connectivity index (χ4n) is 2.93. The molecule has 1 saturated heterocycles. The summed E-state index contributed by atoms with van der Waals surface area (Å²) >= 11 is 0. The van der Waals surface area contributed by atoms with E-state index in [4.69, 9.17) is 9.84 Å². The second kappa shape index (κ2) is 6.23. The van der Waals surface area contributed by atoms with Crippen molar-refractivity contribution >= 4 is 12.0 Å². The van der Waals surface area contributed by atoms with E-state index in [1.807, 2.05) is 0 Å². The number of urea groups is 1. The third-order valence-corrected chi connectivity index (χ3v) is 4.20. The van der Waals surface area contributed by atoms with Crippen molar-refractivity contribution < 1.29 is 19.4 Å². The van der Waals surface area contributed by atoms with Crippen LogP contribution in [-0.4, -0.2) is 54.4 Å². The first-order valence-corrected chi connectivity index (χ1v) is 6.93. The van der Waals surface area contributed by atoms with Gasteiger partial charge in [0.15, 0.2) is 0 Å². The standard InChI is InChI=1S/C13H22N2O4/c1-15(9-5-7-19-8-6-9)13(18)14-11-4-2-3-10(11)12(16)17/h9-11H,2-8H2,1H3,(H,14,18)(H,16,17). The summed E-state index contributed by atoms with van der Waals surface area (Å²) in [6, 6.07) is -0.198. The molecule has 0 aromatic heterocycles. The molecule has 1 aliphatic carbocycles. The van der Waals surface area contributed by atoms with Gasteiger partial charge in [-0.05, 0) is 25.7 Å².